The Hall–Kier alpha value is -2.14. The molecule has 1 aliphatic carbocycles. The average molecular weight is 303 g/mol. The van der Waals surface area contributed by atoms with Gasteiger partial charge in [0.15, 0.2) is 0 Å². The highest BCUT2D eigenvalue weighted by Crippen LogP contribution is 2.23. The van der Waals surface area contributed by atoms with Gasteiger partial charge in [-0.3, -0.25) is 4.79 Å². The van der Waals surface area contributed by atoms with Crippen molar-refractivity contribution >= 4 is 29.0 Å². The number of nitrogens with one attached hydrogen (secondary N) is 2. The van der Waals surface area contributed by atoms with E-state index in [-0.39, 0.29) is 11.6 Å². The van der Waals surface area contributed by atoms with Gasteiger partial charge in [-0.15, -0.1) is 0 Å². The molecule has 0 bridgehead atoms. The number of hydrogen-bond donors (Lipinski definition) is 2. The first-order valence-electron chi connectivity index (χ1n) is 6.78. The molecule has 21 heavy (non-hydrogen) atoms. The second-order valence-electron chi connectivity index (χ2n) is 5.12. The van der Waals surface area contributed by atoms with E-state index >= 15 is 0 Å². The van der Waals surface area contributed by atoms with Crippen molar-refractivity contribution in [2.45, 2.75) is 25.8 Å². The number of anilines is 2. The number of hydrogen-bond acceptors (Lipinski definition) is 4. The average Bonchev–Trinajstić information content (AvgIpc) is 3.27. The first-order chi connectivity index (χ1) is 10.1. The summed E-state index contributed by atoms with van der Waals surface area (Å²) in [5.41, 5.74) is 1.89. The zero-order chi connectivity index (χ0) is 14.8. The minimum absolute atomic E-state index is 0.274. The van der Waals surface area contributed by atoms with Crippen LogP contribution in [0.3, 0.4) is 0 Å². The highest BCUT2D eigenvalue weighted by molar-refractivity contribution is 6.31. The summed E-state index contributed by atoms with van der Waals surface area (Å²) in [5.74, 6) is 0.402. The van der Waals surface area contributed by atoms with Crippen molar-refractivity contribution < 1.29 is 4.79 Å². The predicted octanol–water partition coefficient (Wildman–Crippen LogP) is 3.27. The summed E-state index contributed by atoms with van der Waals surface area (Å²) in [5, 5.41) is 6.59. The number of benzene rings is 1. The van der Waals surface area contributed by atoms with Gasteiger partial charge >= 0.3 is 0 Å². The maximum absolute atomic E-state index is 12.1. The van der Waals surface area contributed by atoms with E-state index in [4.69, 9.17) is 11.6 Å². The molecule has 1 fully saturated rings. The topological polar surface area (TPSA) is 66.9 Å². The lowest BCUT2D eigenvalue weighted by Gasteiger charge is -2.09. The van der Waals surface area contributed by atoms with Crippen LogP contribution in [0, 0.1) is 6.92 Å². The number of aromatic nitrogens is 2. The van der Waals surface area contributed by atoms with Crippen molar-refractivity contribution in [1.29, 1.82) is 0 Å². The van der Waals surface area contributed by atoms with Gasteiger partial charge in [-0.05, 0) is 37.5 Å². The van der Waals surface area contributed by atoms with Crippen molar-refractivity contribution in [2.24, 2.45) is 0 Å². The fraction of sp³-hybridized carbons (Fsp3) is 0.267. The van der Waals surface area contributed by atoms with Gasteiger partial charge in [0.1, 0.15) is 11.5 Å². The molecule has 6 heteroatoms. The molecule has 2 N–H and O–H groups in total. The standard InChI is InChI=1S/C15H15ClN4O/c1-9-2-3-10(16)6-12(9)20-15(21)13-7-18-14(8-17-13)19-11-4-5-11/h2-3,6-8,11H,4-5H2,1H3,(H,18,19)(H,20,21). The van der Waals surface area contributed by atoms with Gasteiger partial charge in [-0.25, -0.2) is 9.97 Å². The Kier molecular flexibility index (Phi) is 3.75. The maximum Gasteiger partial charge on any atom is 0.275 e. The first kappa shape index (κ1) is 13.8. The Labute approximate surface area is 127 Å². The fourth-order valence-corrected chi connectivity index (χ4v) is 2.04. The Bertz CT molecular complexity index is 668. The highest BCUT2D eigenvalue weighted by atomic mass is 35.5. The van der Waals surface area contributed by atoms with E-state index in [0.29, 0.717) is 22.6 Å². The summed E-state index contributed by atoms with van der Waals surface area (Å²) < 4.78 is 0. The van der Waals surface area contributed by atoms with Crippen LogP contribution in [0.2, 0.25) is 5.02 Å². The van der Waals surface area contributed by atoms with Crippen LogP contribution in [0.15, 0.2) is 30.6 Å². The Morgan fingerprint density at radius 1 is 1.29 bits per heavy atom. The van der Waals surface area contributed by atoms with Gasteiger partial charge in [-0.1, -0.05) is 17.7 Å². The van der Waals surface area contributed by atoms with Crippen LogP contribution in [0.25, 0.3) is 0 Å². The van der Waals surface area contributed by atoms with E-state index in [9.17, 15) is 4.79 Å². The van der Waals surface area contributed by atoms with Gasteiger partial charge in [0, 0.05) is 16.8 Å². The third-order valence-corrected chi connectivity index (χ3v) is 3.50. The molecule has 1 aromatic carbocycles. The molecule has 0 radical (unpaired) electrons. The third kappa shape index (κ3) is 3.49. The largest absolute Gasteiger partial charge is 0.366 e. The van der Waals surface area contributed by atoms with Crippen LogP contribution in [0.4, 0.5) is 11.5 Å². The molecule has 3 rings (SSSR count). The molecule has 5 nitrogen and oxygen atoms in total. The van der Waals surface area contributed by atoms with Crippen molar-refractivity contribution in [1.82, 2.24) is 9.97 Å². The van der Waals surface area contributed by atoms with Crippen LogP contribution in [0.1, 0.15) is 28.9 Å². The normalized spacial score (nSPS) is 13.8. The van der Waals surface area contributed by atoms with Crippen LogP contribution in [0.5, 0.6) is 0 Å². The van der Waals surface area contributed by atoms with Crippen molar-refractivity contribution in [3.63, 3.8) is 0 Å². The third-order valence-electron chi connectivity index (χ3n) is 3.26. The molecular formula is C15H15ClN4O. The van der Waals surface area contributed by atoms with E-state index in [0.717, 1.165) is 18.4 Å². The van der Waals surface area contributed by atoms with Crippen molar-refractivity contribution in [2.75, 3.05) is 10.6 Å². The van der Waals surface area contributed by atoms with Gasteiger partial charge in [0.05, 0.1) is 12.4 Å². The molecule has 1 aliphatic rings. The Morgan fingerprint density at radius 2 is 2.10 bits per heavy atom. The van der Waals surface area contributed by atoms with E-state index in [1.54, 1.807) is 18.3 Å². The lowest BCUT2D eigenvalue weighted by atomic mass is 10.2. The molecule has 0 saturated heterocycles. The molecular weight excluding hydrogens is 288 g/mol. The summed E-state index contributed by atoms with van der Waals surface area (Å²) >= 11 is 5.93. The van der Waals surface area contributed by atoms with E-state index in [2.05, 4.69) is 20.6 Å². The molecule has 0 spiro atoms. The molecule has 108 valence electrons. The molecule has 1 saturated carbocycles. The number of carbonyl (C=O) groups is 1. The summed E-state index contributed by atoms with van der Waals surface area (Å²) in [4.78, 5) is 20.5. The van der Waals surface area contributed by atoms with Crippen LogP contribution in [-0.4, -0.2) is 21.9 Å². The number of halogens is 1. The monoisotopic (exact) mass is 302 g/mol. The minimum Gasteiger partial charge on any atom is -0.366 e. The summed E-state index contributed by atoms with van der Waals surface area (Å²) in [6.07, 6.45) is 5.38. The zero-order valence-corrected chi connectivity index (χ0v) is 12.3. The van der Waals surface area contributed by atoms with Crippen LogP contribution in [-0.2, 0) is 0 Å². The molecule has 1 heterocycles. The van der Waals surface area contributed by atoms with Crippen LogP contribution < -0.4 is 10.6 Å². The van der Waals surface area contributed by atoms with E-state index in [1.165, 1.54) is 6.20 Å². The molecule has 0 unspecified atom stereocenters. The fourth-order valence-electron chi connectivity index (χ4n) is 1.87. The van der Waals surface area contributed by atoms with E-state index < -0.39 is 0 Å². The minimum atomic E-state index is -0.300. The van der Waals surface area contributed by atoms with Gasteiger partial charge in [0.2, 0.25) is 0 Å². The number of rotatable bonds is 4. The zero-order valence-electron chi connectivity index (χ0n) is 11.6. The quantitative estimate of drug-likeness (QED) is 0.909. The summed E-state index contributed by atoms with van der Waals surface area (Å²) in [7, 11) is 0. The molecule has 1 aromatic heterocycles. The number of nitrogens with zero attached hydrogens (tertiary/aromatic N) is 2. The lowest BCUT2D eigenvalue weighted by molar-refractivity contribution is 0.102. The Morgan fingerprint density at radius 3 is 2.76 bits per heavy atom. The smallest absolute Gasteiger partial charge is 0.275 e. The van der Waals surface area contributed by atoms with Crippen LogP contribution >= 0.6 is 11.6 Å². The van der Waals surface area contributed by atoms with Gasteiger partial charge < -0.3 is 10.6 Å². The predicted molar refractivity (Wildman–Crippen MR) is 82.8 cm³/mol. The van der Waals surface area contributed by atoms with Crippen molar-refractivity contribution in [3.8, 4) is 0 Å². The number of carbonyl (C=O) groups excluding carboxylic acids is 1. The highest BCUT2D eigenvalue weighted by Gasteiger charge is 2.21. The van der Waals surface area contributed by atoms with E-state index in [1.807, 2.05) is 13.0 Å². The molecule has 0 atom stereocenters. The maximum atomic E-state index is 12.1. The summed E-state index contributed by atoms with van der Waals surface area (Å²) in [6, 6.07) is 5.86. The molecule has 2 aromatic rings. The number of amides is 1. The first-order valence-corrected chi connectivity index (χ1v) is 7.16. The molecule has 0 aliphatic heterocycles. The molecule has 1 amide bonds. The summed E-state index contributed by atoms with van der Waals surface area (Å²) in [6.45, 7) is 1.90. The number of aryl methyl sites for hydroxylation is 1. The second kappa shape index (κ2) is 5.69. The SMILES string of the molecule is Cc1ccc(Cl)cc1NC(=O)c1cnc(NC2CC2)cn1. The van der Waals surface area contributed by atoms with Gasteiger partial charge in [0.25, 0.3) is 5.91 Å². The van der Waals surface area contributed by atoms with Crippen molar-refractivity contribution in [3.05, 3.63) is 46.9 Å². The second-order valence-corrected chi connectivity index (χ2v) is 5.56. The Balaban J connectivity index is 1.70. The van der Waals surface area contributed by atoms with Gasteiger partial charge in [-0.2, -0.15) is 0 Å². The lowest BCUT2D eigenvalue weighted by Crippen LogP contribution is -2.15.